The molecule has 0 aromatic heterocycles. The van der Waals surface area contributed by atoms with Crippen LogP contribution >= 0.6 is 0 Å². The van der Waals surface area contributed by atoms with E-state index in [0.29, 0.717) is 65.1 Å². The van der Waals surface area contributed by atoms with E-state index in [2.05, 4.69) is 10.2 Å². The number of rotatable bonds is 9. The first-order chi connectivity index (χ1) is 23.3. The molecule has 1 aromatic rings. The molecule has 260 valence electrons. The number of benzene rings is 1. The van der Waals surface area contributed by atoms with Gasteiger partial charge in [-0.1, -0.05) is 54.6 Å². The molecule has 12 heteroatoms. The van der Waals surface area contributed by atoms with Crippen molar-refractivity contribution in [3.05, 3.63) is 60.2 Å². The van der Waals surface area contributed by atoms with Gasteiger partial charge in [-0.15, -0.1) is 0 Å². The number of allylic oxidation sites excluding steroid dienone is 1. The SMILES string of the molecule is C[C@H]1NC(=O)CC/C=C\CN(CCN2CCOCC2)C(=O)[C@@H]2N(CCCCCO)C(=O)[C@H]3[C@H](C(=O)O[C@@H]1c1ccccc1)[C@@H]1C=C[C@]23O1. The van der Waals surface area contributed by atoms with Crippen LogP contribution in [0.3, 0.4) is 0 Å². The van der Waals surface area contributed by atoms with Gasteiger partial charge in [-0.25, -0.2) is 0 Å². The van der Waals surface area contributed by atoms with Crippen molar-refractivity contribution in [2.75, 3.05) is 59.1 Å². The van der Waals surface area contributed by atoms with Gasteiger partial charge in [0.15, 0.2) is 0 Å². The second-order valence-electron chi connectivity index (χ2n) is 13.4. The maximum atomic E-state index is 14.8. The van der Waals surface area contributed by atoms with Gasteiger partial charge in [0, 0.05) is 52.3 Å². The molecule has 3 amide bonds. The number of aliphatic hydroxyl groups is 1. The number of carbonyl (C=O) groups is 4. The predicted octanol–water partition coefficient (Wildman–Crippen LogP) is 1.60. The number of cyclic esters (lactones) is 1. The summed E-state index contributed by atoms with van der Waals surface area (Å²) in [6.45, 7) is 6.37. The van der Waals surface area contributed by atoms with Crippen LogP contribution in [-0.2, 0) is 33.4 Å². The van der Waals surface area contributed by atoms with Crippen molar-refractivity contribution in [2.24, 2.45) is 11.8 Å². The lowest BCUT2D eigenvalue weighted by molar-refractivity contribution is -0.161. The molecule has 5 heterocycles. The van der Waals surface area contributed by atoms with Gasteiger partial charge in [0.1, 0.15) is 23.7 Å². The zero-order valence-corrected chi connectivity index (χ0v) is 27.7. The number of likely N-dealkylation sites (tertiary alicyclic amines) is 1. The van der Waals surface area contributed by atoms with E-state index in [1.165, 1.54) is 0 Å². The van der Waals surface area contributed by atoms with Crippen LogP contribution in [0.15, 0.2) is 54.6 Å². The highest BCUT2D eigenvalue weighted by Gasteiger charge is 2.73. The Bertz CT molecular complexity index is 1380. The molecule has 3 fully saturated rings. The maximum Gasteiger partial charge on any atom is 0.313 e. The lowest BCUT2D eigenvalue weighted by Crippen LogP contribution is -2.57. The third-order valence-electron chi connectivity index (χ3n) is 10.3. The van der Waals surface area contributed by atoms with Crippen molar-refractivity contribution in [2.45, 2.75) is 68.9 Å². The Morgan fingerprint density at radius 3 is 2.52 bits per heavy atom. The van der Waals surface area contributed by atoms with Crippen molar-refractivity contribution in [3.63, 3.8) is 0 Å². The number of hydrogen-bond acceptors (Lipinski definition) is 9. The Labute approximate surface area is 282 Å². The minimum absolute atomic E-state index is 0.0490. The summed E-state index contributed by atoms with van der Waals surface area (Å²) in [4.78, 5) is 62.0. The van der Waals surface area contributed by atoms with Crippen molar-refractivity contribution in [3.8, 4) is 0 Å². The number of esters is 1. The van der Waals surface area contributed by atoms with Crippen LogP contribution in [-0.4, -0.2) is 126 Å². The predicted molar refractivity (Wildman–Crippen MR) is 175 cm³/mol. The van der Waals surface area contributed by atoms with Gasteiger partial charge in [-0.2, -0.15) is 0 Å². The van der Waals surface area contributed by atoms with Crippen molar-refractivity contribution >= 4 is 23.7 Å². The van der Waals surface area contributed by atoms with Gasteiger partial charge >= 0.3 is 5.97 Å². The number of carbonyl (C=O) groups excluding carboxylic acids is 4. The molecule has 0 unspecified atom stereocenters. The Balaban J connectivity index is 1.35. The minimum Gasteiger partial charge on any atom is -0.455 e. The molecule has 48 heavy (non-hydrogen) atoms. The minimum atomic E-state index is -1.31. The molecule has 3 saturated heterocycles. The van der Waals surface area contributed by atoms with E-state index in [1.807, 2.05) is 48.6 Å². The first kappa shape index (κ1) is 34.3. The average Bonchev–Trinajstić information content (AvgIpc) is 3.74. The van der Waals surface area contributed by atoms with Crippen molar-refractivity contribution in [1.82, 2.24) is 20.0 Å². The van der Waals surface area contributed by atoms with Crippen LogP contribution in [0.5, 0.6) is 0 Å². The third-order valence-corrected chi connectivity index (χ3v) is 10.3. The van der Waals surface area contributed by atoms with Gasteiger partial charge in [-0.3, -0.25) is 24.1 Å². The molecule has 5 aliphatic rings. The van der Waals surface area contributed by atoms with Gasteiger partial charge in [0.05, 0.1) is 31.3 Å². The van der Waals surface area contributed by atoms with Gasteiger partial charge in [-0.05, 0) is 38.2 Å². The first-order valence-electron chi connectivity index (χ1n) is 17.4. The highest BCUT2D eigenvalue weighted by Crippen LogP contribution is 2.56. The molecule has 2 N–H and O–H groups in total. The number of nitrogens with one attached hydrogen (secondary N) is 1. The van der Waals surface area contributed by atoms with Crippen molar-refractivity contribution in [1.29, 1.82) is 0 Å². The quantitative estimate of drug-likeness (QED) is 0.229. The number of ether oxygens (including phenoxy) is 3. The van der Waals surface area contributed by atoms with Gasteiger partial charge < -0.3 is 34.4 Å². The number of amides is 3. The standard InChI is InChI=1S/C36H48N4O8/c1-25-31(26-11-5-2-6-12-26)47-35(45)29-27-14-15-36(48-27)30(29)33(43)40(17-9-4-10-22-41)32(36)34(44)39(16-8-3-7-13-28(42)37-25)19-18-38-20-23-46-24-21-38/h2-3,5-6,8,11-12,14-15,25,27,29-32,41H,4,7,9-10,13,16-24H2,1H3,(H,37,42)/b8-3-/t25-,27+,29-,30-,31+,32+,36-/m1/s1. The molecule has 6 rings (SSSR count). The van der Waals surface area contributed by atoms with E-state index in [0.717, 1.165) is 18.7 Å². The van der Waals surface area contributed by atoms with E-state index >= 15 is 0 Å². The molecule has 0 radical (unpaired) electrons. The Morgan fingerprint density at radius 1 is 0.958 bits per heavy atom. The number of aliphatic hydroxyl groups excluding tert-OH is 1. The van der Waals surface area contributed by atoms with E-state index in [-0.39, 0.29) is 30.7 Å². The zero-order valence-electron chi connectivity index (χ0n) is 27.7. The summed E-state index contributed by atoms with van der Waals surface area (Å²) in [5.74, 6) is -3.18. The highest BCUT2D eigenvalue weighted by atomic mass is 16.6. The summed E-state index contributed by atoms with van der Waals surface area (Å²) in [5, 5.41) is 12.4. The van der Waals surface area contributed by atoms with Crippen LogP contribution in [0, 0.1) is 11.8 Å². The van der Waals surface area contributed by atoms with Crippen LogP contribution in [0.4, 0.5) is 0 Å². The fourth-order valence-corrected chi connectivity index (χ4v) is 7.82. The summed E-state index contributed by atoms with van der Waals surface area (Å²) in [6, 6.07) is 7.76. The monoisotopic (exact) mass is 664 g/mol. The van der Waals surface area contributed by atoms with Crippen molar-refractivity contribution < 1.29 is 38.5 Å². The van der Waals surface area contributed by atoms with E-state index in [1.54, 1.807) is 22.8 Å². The average molecular weight is 665 g/mol. The molecule has 0 aliphatic carbocycles. The molecule has 5 bridgehead atoms. The molecule has 0 saturated carbocycles. The van der Waals surface area contributed by atoms with Crippen LogP contribution in [0.1, 0.15) is 50.7 Å². The van der Waals surface area contributed by atoms with E-state index in [4.69, 9.17) is 14.2 Å². The molecular formula is C36H48N4O8. The van der Waals surface area contributed by atoms with Gasteiger partial charge in [0.25, 0.3) is 0 Å². The molecular weight excluding hydrogens is 616 g/mol. The van der Waals surface area contributed by atoms with Crippen LogP contribution in [0.25, 0.3) is 0 Å². The number of nitrogens with zero attached hydrogens (tertiary/aromatic N) is 3. The summed E-state index contributed by atoms with van der Waals surface area (Å²) in [6.07, 6.45) is 8.51. The third kappa shape index (κ3) is 6.94. The molecule has 1 spiro atoms. The molecule has 1 aromatic carbocycles. The Kier molecular flexibility index (Phi) is 10.9. The fourth-order valence-electron chi connectivity index (χ4n) is 7.82. The maximum absolute atomic E-state index is 14.8. The van der Waals surface area contributed by atoms with E-state index in [9.17, 15) is 24.3 Å². The number of unbranched alkanes of at least 4 members (excludes halogenated alkanes) is 2. The van der Waals surface area contributed by atoms with Gasteiger partial charge in [0.2, 0.25) is 17.7 Å². The second kappa shape index (κ2) is 15.3. The molecule has 12 nitrogen and oxygen atoms in total. The lowest BCUT2D eigenvalue weighted by Gasteiger charge is -2.37. The van der Waals surface area contributed by atoms with Crippen LogP contribution < -0.4 is 5.32 Å². The summed E-state index contributed by atoms with van der Waals surface area (Å²) < 4.78 is 18.3. The largest absolute Gasteiger partial charge is 0.455 e. The Hall–Kier alpha value is -3.58. The number of morpholine rings is 1. The smallest absolute Gasteiger partial charge is 0.313 e. The summed E-state index contributed by atoms with van der Waals surface area (Å²) in [7, 11) is 0. The van der Waals surface area contributed by atoms with E-state index < -0.39 is 47.7 Å². The highest BCUT2D eigenvalue weighted by molar-refractivity contribution is 5.99. The molecule has 5 aliphatic heterocycles. The summed E-state index contributed by atoms with van der Waals surface area (Å²) in [5.41, 5.74) is -0.589. The first-order valence-corrected chi connectivity index (χ1v) is 17.4. The topological polar surface area (TPSA) is 138 Å². The number of hydrogen-bond donors (Lipinski definition) is 2. The zero-order chi connectivity index (χ0) is 33.7. The lowest BCUT2D eigenvalue weighted by atomic mass is 9.74. The second-order valence-corrected chi connectivity index (χ2v) is 13.4. The summed E-state index contributed by atoms with van der Waals surface area (Å²) >= 11 is 0. The number of fused-ring (bicyclic) bond motifs is 2. The normalized spacial score (nSPS) is 33.5. The van der Waals surface area contributed by atoms with Crippen LogP contribution in [0.2, 0.25) is 0 Å². The fraction of sp³-hybridized carbons (Fsp3) is 0.611. The molecule has 7 atom stereocenters. The Morgan fingerprint density at radius 2 is 1.75 bits per heavy atom.